The van der Waals surface area contributed by atoms with Gasteiger partial charge in [0.25, 0.3) is 11.8 Å². The third-order valence-electron chi connectivity index (χ3n) is 6.35. The molecule has 9 heteroatoms. The van der Waals surface area contributed by atoms with Gasteiger partial charge < -0.3 is 16.4 Å². The molecule has 0 saturated carbocycles. The summed E-state index contributed by atoms with van der Waals surface area (Å²) < 4.78 is 0. The molecule has 0 radical (unpaired) electrons. The van der Waals surface area contributed by atoms with Gasteiger partial charge in [0.05, 0.1) is 5.41 Å². The lowest BCUT2D eigenvalue weighted by Crippen LogP contribution is -2.38. The number of aryl methyl sites for hydroxylation is 2. The molecule has 2 aromatic carbocycles. The minimum absolute atomic E-state index is 0.108. The number of H-pyrrole nitrogens is 1. The molecule has 5 N–H and O–H groups in total. The van der Waals surface area contributed by atoms with Gasteiger partial charge in [0.2, 0.25) is 0 Å². The van der Waals surface area contributed by atoms with E-state index in [2.05, 4.69) is 31.3 Å². The van der Waals surface area contributed by atoms with Gasteiger partial charge in [-0.1, -0.05) is 17.3 Å². The van der Waals surface area contributed by atoms with Crippen LogP contribution in [0.25, 0.3) is 0 Å². The van der Waals surface area contributed by atoms with Crippen LogP contribution in [0.3, 0.4) is 0 Å². The lowest BCUT2D eigenvalue weighted by molar-refractivity contribution is 0.0947. The predicted octanol–water partition coefficient (Wildman–Crippen LogP) is 1.87. The molecule has 2 amide bonds. The van der Waals surface area contributed by atoms with Crippen LogP contribution in [0.2, 0.25) is 0 Å². The van der Waals surface area contributed by atoms with Gasteiger partial charge in [-0.2, -0.15) is 5.21 Å². The molecule has 1 atom stereocenters. The summed E-state index contributed by atoms with van der Waals surface area (Å²) in [5.41, 5.74) is 10.9. The molecule has 1 aromatic heterocycles. The quantitative estimate of drug-likeness (QED) is 0.424. The number of hydrogen-bond acceptors (Lipinski definition) is 6. The number of fused-ring (bicyclic) bond motifs is 2. The molecule has 0 unspecified atom stereocenters. The van der Waals surface area contributed by atoms with Crippen LogP contribution in [0.4, 0.5) is 0 Å². The molecule has 3 aromatic rings. The van der Waals surface area contributed by atoms with Crippen molar-refractivity contribution < 1.29 is 9.59 Å². The van der Waals surface area contributed by atoms with E-state index < -0.39 is 5.41 Å². The van der Waals surface area contributed by atoms with Crippen LogP contribution in [0.1, 0.15) is 76.0 Å². The van der Waals surface area contributed by atoms with E-state index in [1.807, 2.05) is 57.2 Å². The molecular weight excluding hydrogens is 430 g/mol. The third-order valence-corrected chi connectivity index (χ3v) is 6.35. The van der Waals surface area contributed by atoms with Gasteiger partial charge in [-0.05, 0) is 86.6 Å². The summed E-state index contributed by atoms with van der Waals surface area (Å²) in [6.45, 7) is 6.86. The van der Waals surface area contributed by atoms with E-state index in [9.17, 15) is 9.59 Å². The maximum Gasteiger partial charge on any atom is 0.251 e. The topological polar surface area (TPSA) is 139 Å². The fourth-order valence-electron chi connectivity index (χ4n) is 5.03. The zero-order valence-electron chi connectivity index (χ0n) is 19.8. The van der Waals surface area contributed by atoms with Gasteiger partial charge in [0.1, 0.15) is 0 Å². The number of aromatic nitrogens is 4. The number of carbonyl (C=O) groups excluding carboxylic acids is 2. The van der Waals surface area contributed by atoms with Crippen molar-refractivity contribution in [1.29, 1.82) is 0 Å². The second-order valence-electron chi connectivity index (χ2n) is 8.78. The summed E-state index contributed by atoms with van der Waals surface area (Å²) in [6, 6.07) is 11.4. The number of amides is 2. The van der Waals surface area contributed by atoms with Crippen LogP contribution in [0, 0.1) is 0 Å². The summed E-state index contributed by atoms with van der Waals surface area (Å²) in [5, 5.41) is 21.0. The predicted molar refractivity (Wildman–Crippen MR) is 129 cm³/mol. The largest absolute Gasteiger partial charge is 0.352 e. The monoisotopic (exact) mass is 461 g/mol. The number of aromatic amines is 1. The van der Waals surface area contributed by atoms with Gasteiger partial charge in [-0.15, -0.1) is 10.2 Å². The van der Waals surface area contributed by atoms with E-state index in [4.69, 9.17) is 5.73 Å². The van der Waals surface area contributed by atoms with Gasteiger partial charge in [0.15, 0.2) is 5.82 Å². The first-order valence-corrected chi connectivity index (χ1v) is 11.7. The number of nitrogens with zero attached hydrogens (tertiary/aromatic N) is 3. The molecule has 0 aliphatic heterocycles. The number of carbonyl (C=O) groups is 2. The Labute approximate surface area is 198 Å². The van der Waals surface area contributed by atoms with E-state index in [0.717, 1.165) is 22.3 Å². The lowest BCUT2D eigenvalue weighted by Gasteiger charge is -2.35. The van der Waals surface area contributed by atoms with Crippen molar-refractivity contribution in [3.8, 4) is 0 Å². The van der Waals surface area contributed by atoms with Crippen molar-refractivity contribution >= 4 is 11.8 Å². The molecule has 0 spiro atoms. The molecule has 1 heterocycles. The molecule has 4 rings (SSSR count). The van der Waals surface area contributed by atoms with Crippen molar-refractivity contribution in [1.82, 2.24) is 31.3 Å². The number of tetrazole rings is 1. The minimum atomic E-state index is -0.776. The number of benzene rings is 2. The summed E-state index contributed by atoms with van der Waals surface area (Å²) in [4.78, 5) is 25.1. The van der Waals surface area contributed by atoms with Crippen molar-refractivity contribution in [3.63, 3.8) is 0 Å². The van der Waals surface area contributed by atoms with Gasteiger partial charge in [-0.3, -0.25) is 9.59 Å². The maximum absolute atomic E-state index is 12.6. The molecule has 34 heavy (non-hydrogen) atoms. The molecular formula is C25H31N7O2. The normalized spacial score (nSPS) is 14.9. The SMILES string of the molecule is CCNC(=O)c1ccc2c(c1)CCc1cc(C(=O)NCC)ccc1C2(C[C@H](C)N)c1nn[nH]n1. The van der Waals surface area contributed by atoms with Crippen LogP contribution in [-0.4, -0.2) is 51.6 Å². The first-order valence-electron chi connectivity index (χ1n) is 11.7. The number of hydrogen-bond donors (Lipinski definition) is 4. The van der Waals surface area contributed by atoms with Crippen molar-refractivity contribution in [3.05, 3.63) is 75.6 Å². The van der Waals surface area contributed by atoms with Gasteiger partial charge >= 0.3 is 0 Å². The molecule has 0 saturated heterocycles. The summed E-state index contributed by atoms with van der Waals surface area (Å²) in [5.74, 6) is 0.302. The number of nitrogens with two attached hydrogens (primary N) is 1. The zero-order valence-corrected chi connectivity index (χ0v) is 19.8. The third kappa shape index (κ3) is 4.19. The Kier molecular flexibility index (Phi) is 6.74. The highest BCUT2D eigenvalue weighted by Gasteiger charge is 2.45. The first-order chi connectivity index (χ1) is 16.4. The van der Waals surface area contributed by atoms with Crippen LogP contribution in [-0.2, 0) is 18.3 Å². The van der Waals surface area contributed by atoms with Crippen molar-refractivity contribution in [2.24, 2.45) is 5.73 Å². The summed E-state index contributed by atoms with van der Waals surface area (Å²) in [6.07, 6.45) is 1.94. The van der Waals surface area contributed by atoms with E-state index in [-0.39, 0.29) is 17.9 Å². The Morgan fingerprint density at radius 3 is 1.94 bits per heavy atom. The summed E-state index contributed by atoms with van der Waals surface area (Å²) >= 11 is 0. The Morgan fingerprint density at radius 1 is 1.00 bits per heavy atom. The van der Waals surface area contributed by atoms with Crippen molar-refractivity contribution in [2.45, 2.75) is 51.5 Å². The highest BCUT2D eigenvalue weighted by molar-refractivity contribution is 5.95. The van der Waals surface area contributed by atoms with E-state index >= 15 is 0 Å². The van der Waals surface area contributed by atoms with Gasteiger partial charge in [0, 0.05) is 30.3 Å². The smallest absolute Gasteiger partial charge is 0.251 e. The average Bonchev–Trinajstić information content (AvgIpc) is 3.33. The van der Waals surface area contributed by atoms with E-state index in [1.54, 1.807) is 0 Å². The molecule has 178 valence electrons. The fraction of sp³-hybridized carbons (Fsp3) is 0.400. The summed E-state index contributed by atoms with van der Waals surface area (Å²) in [7, 11) is 0. The van der Waals surface area contributed by atoms with E-state index in [1.165, 1.54) is 0 Å². The maximum atomic E-state index is 12.6. The van der Waals surface area contributed by atoms with Crippen LogP contribution >= 0.6 is 0 Å². The highest BCUT2D eigenvalue weighted by atomic mass is 16.2. The fourth-order valence-corrected chi connectivity index (χ4v) is 5.03. The molecule has 9 nitrogen and oxygen atoms in total. The number of nitrogens with one attached hydrogen (secondary N) is 3. The second kappa shape index (κ2) is 9.72. The lowest BCUT2D eigenvalue weighted by atomic mass is 9.68. The van der Waals surface area contributed by atoms with Gasteiger partial charge in [-0.25, -0.2) is 0 Å². The molecule has 1 aliphatic rings. The molecule has 0 bridgehead atoms. The number of rotatable bonds is 7. The first kappa shape index (κ1) is 23.6. The Hall–Kier alpha value is -3.59. The van der Waals surface area contributed by atoms with Crippen LogP contribution < -0.4 is 16.4 Å². The zero-order chi connectivity index (χ0) is 24.3. The second-order valence-corrected chi connectivity index (χ2v) is 8.78. The Morgan fingerprint density at radius 2 is 1.53 bits per heavy atom. The van der Waals surface area contributed by atoms with Crippen molar-refractivity contribution in [2.75, 3.05) is 13.1 Å². The minimum Gasteiger partial charge on any atom is -0.352 e. The van der Waals surface area contributed by atoms with Crippen LogP contribution in [0.5, 0.6) is 0 Å². The van der Waals surface area contributed by atoms with Crippen LogP contribution in [0.15, 0.2) is 36.4 Å². The molecule has 0 fully saturated rings. The Bertz CT molecular complexity index is 1120. The Balaban J connectivity index is 1.96. The average molecular weight is 462 g/mol. The standard InChI is InChI=1S/C25H31N7O2/c1-4-27-22(33)18-8-10-20-16(12-18)6-7-17-13-19(23(34)28-5-2)9-11-21(17)25(20,14-15(3)26)24-29-31-32-30-24/h8-13,15H,4-7,14,26H2,1-3H3,(H,27,33)(H,28,34)(H,29,30,31,32)/t15-/m0/s1. The highest BCUT2D eigenvalue weighted by Crippen LogP contribution is 2.46. The van der Waals surface area contributed by atoms with E-state index in [0.29, 0.717) is 49.3 Å². The molecule has 1 aliphatic carbocycles.